The molecule has 21 heavy (non-hydrogen) atoms. The number of aliphatic hydroxyl groups is 1. The zero-order chi connectivity index (χ0) is 15.7. The van der Waals surface area contributed by atoms with E-state index in [1.165, 1.54) is 11.8 Å². The van der Waals surface area contributed by atoms with E-state index in [1.54, 1.807) is 6.07 Å². The number of thioether (sulfide) groups is 1. The highest BCUT2D eigenvalue weighted by Crippen LogP contribution is 2.24. The summed E-state index contributed by atoms with van der Waals surface area (Å²) in [6, 6.07) is 7.42. The van der Waals surface area contributed by atoms with Crippen molar-refractivity contribution in [3.8, 4) is 0 Å². The van der Waals surface area contributed by atoms with E-state index in [0.717, 1.165) is 11.3 Å². The predicted octanol–water partition coefficient (Wildman–Crippen LogP) is 1.69. The molecule has 5 nitrogen and oxygen atoms in total. The lowest BCUT2D eigenvalue weighted by Gasteiger charge is -2.14. The van der Waals surface area contributed by atoms with Gasteiger partial charge in [0.25, 0.3) is 0 Å². The van der Waals surface area contributed by atoms with Gasteiger partial charge in [-0.05, 0) is 24.5 Å². The first-order valence-electron chi connectivity index (χ1n) is 7.04. The zero-order valence-electron chi connectivity index (χ0n) is 12.3. The van der Waals surface area contributed by atoms with Crippen molar-refractivity contribution in [2.24, 2.45) is 5.92 Å². The average molecular weight is 332 g/mol. The molecular weight excluding hydrogens is 308 g/mol. The first-order valence-corrected chi connectivity index (χ1v) is 9.67. The fraction of sp³-hybridized carbons (Fsp3) is 0.571. The molecule has 0 aliphatic carbocycles. The van der Waals surface area contributed by atoms with Gasteiger partial charge in [0.15, 0.2) is 0 Å². The molecule has 4 N–H and O–H groups in total. The van der Waals surface area contributed by atoms with Crippen LogP contribution in [0.15, 0.2) is 29.2 Å². The molecule has 0 amide bonds. The van der Waals surface area contributed by atoms with Crippen molar-refractivity contribution >= 4 is 27.5 Å². The summed E-state index contributed by atoms with van der Waals surface area (Å²) in [5.74, 6) is 0.698. The highest BCUT2D eigenvalue weighted by Gasteiger charge is 2.13. The van der Waals surface area contributed by atoms with Crippen LogP contribution in [0.25, 0.3) is 0 Å². The molecule has 0 radical (unpaired) electrons. The van der Waals surface area contributed by atoms with Crippen LogP contribution >= 0.6 is 11.8 Å². The van der Waals surface area contributed by atoms with E-state index < -0.39 is 10.0 Å². The van der Waals surface area contributed by atoms with E-state index in [4.69, 9.17) is 10.8 Å². The van der Waals surface area contributed by atoms with Gasteiger partial charge in [-0.25, -0.2) is 13.1 Å². The van der Waals surface area contributed by atoms with Crippen LogP contribution in [-0.4, -0.2) is 38.2 Å². The van der Waals surface area contributed by atoms with Gasteiger partial charge in [0, 0.05) is 29.5 Å². The SMILES string of the molecule is CCC(CCO)CNS(=O)(=O)CCSc1ccccc1N. The summed E-state index contributed by atoms with van der Waals surface area (Å²) in [6.07, 6.45) is 1.46. The molecule has 1 atom stereocenters. The predicted molar refractivity (Wildman–Crippen MR) is 88.9 cm³/mol. The summed E-state index contributed by atoms with van der Waals surface area (Å²) in [5.41, 5.74) is 6.48. The average Bonchev–Trinajstić information content (AvgIpc) is 2.45. The second kappa shape index (κ2) is 9.30. The van der Waals surface area contributed by atoms with Crippen LogP contribution in [0.3, 0.4) is 0 Å². The Morgan fingerprint density at radius 2 is 2.10 bits per heavy atom. The Kier molecular flexibility index (Phi) is 8.10. The van der Waals surface area contributed by atoms with Crippen LogP contribution in [-0.2, 0) is 10.0 Å². The standard InChI is InChI=1S/C14H24N2O3S2/c1-2-12(7-8-17)11-16-21(18,19)10-9-20-14-6-4-3-5-13(14)15/h3-6,12,16-17H,2,7-11,15H2,1H3. The number of nitrogens with two attached hydrogens (primary N) is 1. The molecule has 0 saturated heterocycles. The number of sulfonamides is 1. The quantitative estimate of drug-likeness (QED) is 0.448. The summed E-state index contributed by atoms with van der Waals surface area (Å²) >= 11 is 1.44. The summed E-state index contributed by atoms with van der Waals surface area (Å²) < 4.78 is 26.4. The molecule has 0 heterocycles. The number of aliphatic hydroxyl groups excluding tert-OH is 1. The molecule has 0 spiro atoms. The van der Waals surface area contributed by atoms with Gasteiger partial charge in [0.2, 0.25) is 10.0 Å². The Labute approximate surface area is 131 Å². The van der Waals surface area contributed by atoms with E-state index in [2.05, 4.69) is 4.72 Å². The van der Waals surface area contributed by atoms with Gasteiger partial charge in [-0.1, -0.05) is 25.5 Å². The Hall–Kier alpha value is -0.760. The number of nitrogens with one attached hydrogen (secondary N) is 1. The van der Waals surface area contributed by atoms with Crippen molar-refractivity contribution in [1.82, 2.24) is 4.72 Å². The van der Waals surface area contributed by atoms with Crippen molar-refractivity contribution in [2.45, 2.75) is 24.7 Å². The maximum Gasteiger partial charge on any atom is 0.212 e. The molecule has 7 heteroatoms. The molecule has 0 bridgehead atoms. The fourth-order valence-electron chi connectivity index (χ4n) is 1.82. The lowest BCUT2D eigenvalue weighted by Crippen LogP contribution is -2.32. The fourth-order valence-corrected chi connectivity index (χ4v) is 4.30. The van der Waals surface area contributed by atoms with Gasteiger partial charge in [-0.2, -0.15) is 0 Å². The lowest BCUT2D eigenvalue weighted by molar-refractivity contribution is 0.254. The molecule has 0 aromatic heterocycles. The monoisotopic (exact) mass is 332 g/mol. The van der Waals surface area contributed by atoms with Crippen molar-refractivity contribution in [1.29, 1.82) is 0 Å². The van der Waals surface area contributed by atoms with Crippen LogP contribution in [0.5, 0.6) is 0 Å². The number of para-hydroxylation sites is 1. The second-order valence-corrected chi connectivity index (χ2v) is 7.90. The van der Waals surface area contributed by atoms with Gasteiger partial charge in [0.1, 0.15) is 0 Å². The van der Waals surface area contributed by atoms with Crippen molar-refractivity contribution < 1.29 is 13.5 Å². The smallest absolute Gasteiger partial charge is 0.212 e. The van der Waals surface area contributed by atoms with E-state index in [-0.39, 0.29) is 18.3 Å². The summed E-state index contributed by atoms with van der Waals surface area (Å²) in [5, 5.41) is 8.90. The minimum absolute atomic E-state index is 0.0571. The molecule has 0 aliphatic rings. The van der Waals surface area contributed by atoms with Crippen LogP contribution in [0, 0.1) is 5.92 Å². The Morgan fingerprint density at radius 1 is 1.38 bits per heavy atom. The molecule has 0 aliphatic heterocycles. The highest BCUT2D eigenvalue weighted by molar-refractivity contribution is 8.00. The molecule has 0 fully saturated rings. The molecule has 1 rings (SSSR count). The van der Waals surface area contributed by atoms with Crippen LogP contribution in [0.2, 0.25) is 0 Å². The number of rotatable bonds is 10. The summed E-state index contributed by atoms with van der Waals surface area (Å²) in [6.45, 7) is 2.46. The first kappa shape index (κ1) is 18.3. The van der Waals surface area contributed by atoms with E-state index in [9.17, 15) is 8.42 Å². The Morgan fingerprint density at radius 3 is 2.71 bits per heavy atom. The topological polar surface area (TPSA) is 92.4 Å². The van der Waals surface area contributed by atoms with Gasteiger partial charge in [-0.3, -0.25) is 0 Å². The largest absolute Gasteiger partial charge is 0.398 e. The minimum atomic E-state index is -3.28. The second-order valence-electron chi connectivity index (χ2n) is 4.84. The molecule has 1 unspecified atom stereocenters. The zero-order valence-corrected chi connectivity index (χ0v) is 13.9. The number of benzene rings is 1. The van der Waals surface area contributed by atoms with Crippen molar-refractivity contribution in [3.05, 3.63) is 24.3 Å². The van der Waals surface area contributed by atoms with Crippen LogP contribution in [0.1, 0.15) is 19.8 Å². The van der Waals surface area contributed by atoms with Gasteiger partial charge in [-0.15, -0.1) is 11.8 Å². The number of anilines is 1. The van der Waals surface area contributed by atoms with Crippen molar-refractivity contribution in [2.75, 3.05) is 30.4 Å². The molecule has 1 aromatic carbocycles. The Balaban J connectivity index is 2.38. The number of hydrogen-bond acceptors (Lipinski definition) is 5. The first-order chi connectivity index (χ1) is 9.98. The van der Waals surface area contributed by atoms with Gasteiger partial charge >= 0.3 is 0 Å². The normalized spacial score (nSPS) is 13.2. The maximum absolute atomic E-state index is 11.9. The maximum atomic E-state index is 11.9. The summed E-state index contributed by atoms with van der Waals surface area (Å²) in [4.78, 5) is 0.902. The van der Waals surface area contributed by atoms with E-state index >= 15 is 0 Å². The number of hydrogen-bond donors (Lipinski definition) is 3. The van der Waals surface area contributed by atoms with Crippen molar-refractivity contribution in [3.63, 3.8) is 0 Å². The van der Waals surface area contributed by atoms with Crippen LogP contribution < -0.4 is 10.5 Å². The molecule has 120 valence electrons. The molecular formula is C14H24N2O3S2. The summed E-state index contributed by atoms with van der Waals surface area (Å²) in [7, 11) is -3.28. The highest BCUT2D eigenvalue weighted by atomic mass is 32.2. The molecule has 1 aromatic rings. The number of nitrogen functional groups attached to an aromatic ring is 1. The third kappa shape index (κ3) is 7.17. The van der Waals surface area contributed by atoms with Crippen LogP contribution in [0.4, 0.5) is 5.69 Å². The van der Waals surface area contributed by atoms with Gasteiger partial charge in [0.05, 0.1) is 5.75 Å². The third-order valence-electron chi connectivity index (χ3n) is 3.24. The Bertz CT molecular complexity index is 521. The van der Waals surface area contributed by atoms with Gasteiger partial charge < -0.3 is 10.8 Å². The minimum Gasteiger partial charge on any atom is -0.398 e. The molecule has 0 saturated carbocycles. The van der Waals surface area contributed by atoms with E-state index in [0.29, 0.717) is 24.4 Å². The third-order valence-corrected chi connectivity index (χ3v) is 5.93. The van der Waals surface area contributed by atoms with E-state index in [1.807, 2.05) is 25.1 Å². The lowest BCUT2D eigenvalue weighted by atomic mass is 10.0.